The van der Waals surface area contributed by atoms with Crippen molar-refractivity contribution in [3.05, 3.63) is 35.4 Å². The third-order valence-electron chi connectivity index (χ3n) is 6.24. The first kappa shape index (κ1) is 53.8. The van der Waals surface area contributed by atoms with Gasteiger partial charge < -0.3 is 31.9 Å². The van der Waals surface area contributed by atoms with Crippen LogP contribution in [0.5, 0.6) is 0 Å². The van der Waals surface area contributed by atoms with Crippen LogP contribution < -0.4 is 31.9 Å². The zero-order valence-corrected chi connectivity index (χ0v) is 29.7. The predicted molar refractivity (Wildman–Crippen MR) is 192 cm³/mol. The van der Waals surface area contributed by atoms with E-state index in [4.69, 9.17) is 0 Å². The van der Waals surface area contributed by atoms with Crippen LogP contribution in [0.1, 0.15) is 11.1 Å². The number of hydrogen-bond donors (Lipinski definition) is 6. The van der Waals surface area contributed by atoms with Crippen LogP contribution in [-0.2, 0) is 13.1 Å². The molecule has 0 aliphatic carbocycles. The standard InChI is InChI=1S/C24H46N8.8ClH/c1-2-4-24(22-32-19-15-29-11-7-26-8-12-30-16-20-32)23(3-1)21-31-17-13-27-9-5-25-6-10-28-14-18-31;;;;;;;;/h1-4,25-30H,5-22H2;8*1H. The largest absolute Gasteiger partial charge is 0.314 e. The summed E-state index contributed by atoms with van der Waals surface area (Å²) in [5.74, 6) is 0. The smallest absolute Gasteiger partial charge is 0.0238 e. The van der Waals surface area contributed by atoms with E-state index in [2.05, 4.69) is 66.0 Å². The average Bonchev–Trinajstić information content (AvgIpc) is 2.78. The molecule has 2 aliphatic rings. The molecule has 0 bridgehead atoms. The van der Waals surface area contributed by atoms with Gasteiger partial charge in [0.25, 0.3) is 0 Å². The first-order chi connectivity index (χ1) is 15.9. The molecule has 6 N–H and O–H groups in total. The van der Waals surface area contributed by atoms with Gasteiger partial charge in [-0.25, -0.2) is 0 Å². The second-order valence-electron chi connectivity index (χ2n) is 8.82. The van der Waals surface area contributed by atoms with Crippen molar-refractivity contribution < 1.29 is 0 Å². The van der Waals surface area contributed by atoms with Crippen LogP contribution in [0.2, 0.25) is 0 Å². The van der Waals surface area contributed by atoms with Gasteiger partial charge in [0.15, 0.2) is 0 Å². The summed E-state index contributed by atoms with van der Waals surface area (Å²) in [5, 5.41) is 21.3. The third kappa shape index (κ3) is 24.6. The molecular weight excluding hydrogens is 684 g/mol. The quantitative estimate of drug-likeness (QED) is 0.281. The molecule has 2 heterocycles. The minimum Gasteiger partial charge on any atom is -0.314 e. The van der Waals surface area contributed by atoms with Gasteiger partial charge in [-0.1, -0.05) is 24.3 Å². The summed E-state index contributed by atoms with van der Waals surface area (Å²) in [6.07, 6.45) is 0. The number of rotatable bonds is 4. The highest BCUT2D eigenvalue weighted by Gasteiger charge is 2.13. The van der Waals surface area contributed by atoms with Gasteiger partial charge >= 0.3 is 0 Å². The highest BCUT2D eigenvalue weighted by atomic mass is 35.5. The summed E-state index contributed by atoms with van der Waals surface area (Å²) in [4.78, 5) is 5.20. The molecule has 16 heteroatoms. The molecule has 3 rings (SSSR count). The fourth-order valence-corrected chi connectivity index (χ4v) is 4.29. The molecule has 0 amide bonds. The van der Waals surface area contributed by atoms with Crippen molar-refractivity contribution in [2.75, 3.05) is 105 Å². The van der Waals surface area contributed by atoms with Gasteiger partial charge in [-0.05, 0) is 11.1 Å². The number of benzene rings is 1. The lowest BCUT2D eigenvalue weighted by Crippen LogP contribution is -2.42. The van der Waals surface area contributed by atoms with Crippen LogP contribution in [0, 0.1) is 0 Å². The molecule has 0 saturated carbocycles. The minimum atomic E-state index is 0. The van der Waals surface area contributed by atoms with Crippen molar-refractivity contribution in [3.8, 4) is 0 Å². The molecule has 0 aromatic heterocycles. The van der Waals surface area contributed by atoms with Crippen molar-refractivity contribution in [2.45, 2.75) is 13.1 Å². The summed E-state index contributed by atoms with van der Waals surface area (Å²) < 4.78 is 0. The predicted octanol–water partition coefficient (Wildman–Crippen LogP) is 2.23. The lowest BCUT2D eigenvalue weighted by Gasteiger charge is -2.27. The Bertz CT molecular complexity index is 553. The van der Waals surface area contributed by atoms with E-state index < -0.39 is 0 Å². The molecule has 0 radical (unpaired) electrons. The Morgan fingerprint density at radius 2 is 0.600 bits per heavy atom. The second kappa shape index (κ2) is 36.4. The minimum absolute atomic E-state index is 0. The lowest BCUT2D eigenvalue weighted by molar-refractivity contribution is 0.250. The zero-order chi connectivity index (χ0) is 22.1. The number of halogens is 8. The lowest BCUT2D eigenvalue weighted by atomic mass is 10.1. The SMILES string of the molecule is Cl.Cl.Cl.Cl.Cl.Cl.Cl.Cl.c1ccc(CN2CCNCCNCCNCC2)c(CN2CCNCCNCCNCC2)c1. The molecule has 2 fully saturated rings. The zero-order valence-electron chi connectivity index (χ0n) is 23.2. The van der Waals surface area contributed by atoms with Crippen LogP contribution in [0.3, 0.4) is 0 Å². The van der Waals surface area contributed by atoms with Crippen LogP contribution in [0.4, 0.5) is 0 Å². The molecule has 2 saturated heterocycles. The number of nitrogens with one attached hydrogen (secondary N) is 6. The van der Waals surface area contributed by atoms with Crippen molar-refractivity contribution in [1.29, 1.82) is 0 Å². The van der Waals surface area contributed by atoms with Gasteiger partial charge in [-0.15, -0.1) is 99.3 Å². The number of hydrogen-bond acceptors (Lipinski definition) is 8. The first-order valence-corrected chi connectivity index (χ1v) is 12.7. The average molecular weight is 738 g/mol. The molecule has 8 nitrogen and oxygen atoms in total. The van der Waals surface area contributed by atoms with E-state index in [0.29, 0.717) is 0 Å². The highest BCUT2D eigenvalue weighted by Crippen LogP contribution is 2.14. The Morgan fingerprint density at radius 1 is 0.375 bits per heavy atom. The Hall–Kier alpha value is 1.22. The summed E-state index contributed by atoms with van der Waals surface area (Å²) in [5.41, 5.74) is 2.94. The van der Waals surface area contributed by atoms with Gasteiger partial charge in [-0.2, -0.15) is 0 Å². The van der Waals surface area contributed by atoms with Crippen molar-refractivity contribution in [3.63, 3.8) is 0 Å². The summed E-state index contributed by atoms with van der Waals surface area (Å²) in [6.45, 7) is 18.9. The summed E-state index contributed by atoms with van der Waals surface area (Å²) in [6, 6.07) is 9.05. The summed E-state index contributed by atoms with van der Waals surface area (Å²) in [7, 11) is 0. The van der Waals surface area contributed by atoms with Gasteiger partial charge in [0.2, 0.25) is 0 Å². The van der Waals surface area contributed by atoms with E-state index in [9.17, 15) is 0 Å². The highest BCUT2D eigenvalue weighted by molar-refractivity contribution is 5.86. The Labute approximate surface area is 292 Å². The van der Waals surface area contributed by atoms with Gasteiger partial charge in [0, 0.05) is 118 Å². The molecule has 0 unspecified atom stereocenters. The topological polar surface area (TPSA) is 78.7 Å². The van der Waals surface area contributed by atoms with E-state index in [1.807, 2.05) is 0 Å². The van der Waals surface area contributed by atoms with Crippen LogP contribution in [0.25, 0.3) is 0 Å². The molecule has 1 aromatic rings. The van der Waals surface area contributed by atoms with Crippen LogP contribution in [-0.4, -0.2) is 115 Å². The molecule has 40 heavy (non-hydrogen) atoms. The fraction of sp³-hybridized carbons (Fsp3) is 0.750. The third-order valence-corrected chi connectivity index (χ3v) is 6.24. The van der Waals surface area contributed by atoms with Gasteiger partial charge in [-0.3, -0.25) is 9.80 Å². The van der Waals surface area contributed by atoms with E-state index in [1.165, 1.54) is 11.1 Å². The van der Waals surface area contributed by atoms with E-state index in [0.717, 1.165) is 118 Å². The van der Waals surface area contributed by atoms with Gasteiger partial charge in [0.05, 0.1) is 0 Å². The molecule has 246 valence electrons. The van der Waals surface area contributed by atoms with Crippen molar-refractivity contribution in [1.82, 2.24) is 41.7 Å². The maximum Gasteiger partial charge on any atom is 0.0238 e. The molecule has 0 atom stereocenters. The normalized spacial score (nSPS) is 18.2. The maximum atomic E-state index is 3.58. The number of nitrogens with zero attached hydrogens (tertiary/aromatic N) is 2. The van der Waals surface area contributed by atoms with E-state index in [-0.39, 0.29) is 99.3 Å². The van der Waals surface area contributed by atoms with E-state index >= 15 is 0 Å². The van der Waals surface area contributed by atoms with Crippen molar-refractivity contribution >= 4 is 99.3 Å². The molecule has 1 aromatic carbocycles. The maximum absolute atomic E-state index is 3.58. The molecular formula is C24H54Cl8N8. The van der Waals surface area contributed by atoms with Gasteiger partial charge in [0.1, 0.15) is 0 Å². The fourth-order valence-electron chi connectivity index (χ4n) is 4.29. The van der Waals surface area contributed by atoms with Crippen molar-refractivity contribution in [2.24, 2.45) is 0 Å². The Kier molecular flexibility index (Phi) is 48.9. The summed E-state index contributed by atoms with van der Waals surface area (Å²) >= 11 is 0. The molecule has 0 spiro atoms. The van der Waals surface area contributed by atoms with E-state index in [1.54, 1.807) is 0 Å². The van der Waals surface area contributed by atoms with Crippen LogP contribution >= 0.6 is 99.3 Å². The Balaban J connectivity index is -0.000000361. The monoisotopic (exact) mass is 734 g/mol. The van der Waals surface area contributed by atoms with Crippen LogP contribution in [0.15, 0.2) is 24.3 Å². The Morgan fingerprint density at radius 3 is 0.850 bits per heavy atom. The first-order valence-electron chi connectivity index (χ1n) is 12.7. The second-order valence-corrected chi connectivity index (χ2v) is 8.82. The molecule has 2 aliphatic heterocycles.